The number of halogens is 1. The number of nitrogens with zero attached hydrogens (tertiary/aromatic N) is 4. The summed E-state index contributed by atoms with van der Waals surface area (Å²) in [6.45, 7) is 0. The van der Waals surface area contributed by atoms with Crippen LogP contribution in [-0.2, 0) is 0 Å². The Morgan fingerprint density at radius 1 is 1.08 bits per heavy atom. The van der Waals surface area contributed by atoms with Crippen LogP contribution in [0.4, 0.5) is 5.69 Å². The van der Waals surface area contributed by atoms with Crippen molar-refractivity contribution in [1.29, 1.82) is 0 Å². The van der Waals surface area contributed by atoms with Gasteiger partial charge in [-0.1, -0.05) is 11.6 Å². The Balaban J connectivity index is 1.82. The first-order valence-electron chi connectivity index (χ1n) is 7.79. The first-order valence-corrected chi connectivity index (χ1v) is 9.04. The summed E-state index contributed by atoms with van der Waals surface area (Å²) >= 11 is 7.44. The van der Waals surface area contributed by atoms with Crippen molar-refractivity contribution in [3.63, 3.8) is 0 Å². The summed E-state index contributed by atoms with van der Waals surface area (Å²) in [5.41, 5.74) is 2.58. The molecular weight excluding hydrogens is 368 g/mol. The van der Waals surface area contributed by atoms with E-state index in [0.29, 0.717) is 5.02 Å². The molecule has 0 atom stereocenters. The molecule has 3 aromatic heterocycles. The van der Waals surface area contributed by atoms with Gasteiger partial charge in [-0.25, -0.2) is 9.67 Å². The maximum Gasteiger partial charge on any atom is 0.211 e. The van der Waals surface area contributed by atoms with Crippen molar-refractivity contribution in [2.24, 2.45) is 10.1 Å². The average Bonchev–Trinajstić information content (AvgIpc) is 3.32. The fraction of sp³-hybridized carbons (Fsp3) is 0. The quantitative estimate of drug-likeness (QED) is 0.469. The maximum absolute atomic E-state index is 5.95. The molecule has 7 heteroatoms. The van der Waals surface area contributed by atoms with E-state index >= 15 is 0 Å². The minimum absolute atomic E-state index is 0.676. The summed E-state index contributed by atoms with van der Waals surface area (Å²) in [5, 5.41) is 7.25. The zero-order valence-corrected chi connectivity index (χ0v) is 15.1. The summed E-state index contributed by atoms with van der Waals surface area (Å²) < 4.78 is 7.30. The molecule has 0 fully saturated rings. The fourth-order valence-corrected chi connectivity index (χ4v) is 3.25. The van der Waals surface area contributed by atoms with Crippen LogP contribution in [0.2, 0.25) is 5.02 Å². The SMILES string of the molecule is Clc1ccc(N=c2scc(-c3ccco3)n2N=Cc2ccncc2)cc1. The van der Waals surface area contributed by atoms with Crippen LogP contribution < -0.4 is 4.80 Å². The number of pyridine rings is 1. The van der Waals surface area contributed by atoms with Gasteiger partial charge in [0.15, 0.2) is 5.76 Å². The molecule has 4 aromatic rings. The molecule has 26 heavy (non-hydrogen) atoms. The van der Waals surface area contributed by atoms with Gasteiger partial charge in [0.2, 0.25) is 4.80 Å². The van der Waals surface area contributed by atoms with E-state index in [1.165, 1.54) is 11.3 Å². The third-order valence-corrected chi connectivity index (χ3v) is 4.61. The molecule has 0 aliphatic heterocycles. The summed E-state index contributed by atoms with van der Waals surface area (Å²) in [5.74, 6) is 0.727. The van der Waals surface area contributed by atoms with Gasteiger partial charge in [-0.2, -0.15) is 5.10 Å². The molecule has 5 nitrogen and oxygen atoms in total. The van der Waals surface area contributed by atoms with Crippen LogP contribution in [0.25, 0.3) is 11.5 Å². The van der Waals surface area contributed by atoms with Gasteiger partial charge in [0.25, 0.3) is 0 Å². The van der Waals surface area contributed by atoms with Gasteiger partial charge in [0, 0.05) is 22.8 Å². The summed E-state index contributed by atoms with van der Waals surface area (Å²) in [7, 11) is 0. The molecule has 0 radical (unpaired) electrons. The predicted molar refractivity (Wildman–Crippen MR) is 104 cm³/mol. The second kappa shape index (κ2) is 7.51. The fourth-order valence-electron chi connectivity index (χ4n) is 2.28. The van der Waals surface area contributed by atoms with E-state index in [4.69, 9.17) is 16.0 Å². The van der Waals surface area contributed by atoms with Gasteiger partial charge in [-0.15, -0.1) is 11.3 Å². The molecule has 0 aliphatic carbocycles. The molecule has 0 saturated heterocycles. The standard InChI is InChI=1S/C19H13ClN4OS/c20-15-3-5-16(6-4-15)23-19-24(22-12-14-7-9-21-10-8-14)17(13-26-19)18-2-1-11-25-18/h1-13H. The topological polar surface area (TPSA) is 55.7 Å². The lowest BCUT2D eigenvalue weighted by atomic mass is 10.3. The number of furan rings is 1. The molecule has 0 bridgehead atoms. The number of hydrogen-bond donors (Lipinski definition) is 0. The Bertz CT molecular complexity index is 1080. The summed E-state index contributed by atoms with van der Waals surface area (Å²) in [6.07, 6.45) is 6.86. The van der Waals surface area contributed by atoms with E-state index < -0.39 is 0 Å². The first kappa shape index (κ1) is 16.5. The van der Waals surface area contributed by atoms with Gasteiger partial charge >= 0.3 is 0 Å². The number of rotatable bonds is 4. The van der Waals surface area contributed by atoms with E-state index in [2.05, 4.69) is 15.1 Å². The lowest BCUT2D eigenvalue weighted by molar-refractivity contribution is 0.575. The molecule has 4 rings (SSSR count). The van der Waals surface area contributed by atoms with Crippen molar-refractivity contribution in [3.8, 4) is 11.5 Å². The van der Waals surface area contributed by atoms with E-state index in [1.807, 2.05) is 53.9 Å². The van der Waals surface area contributed by atoms with Crippen molar-refractivity contribution >= 4 is 34.8 Å². The van der Waals surface area contributed by atoms with Gasteiger partial charge < -0.3 is 4.42 Å². The molecular formula is C19H13ClN4OS. The zero-order valence-electron chi connectivity index (χ0n) is 13.5. The van der Waals surface area contributed by atoms with E-state index in [0.717, 1.165) is 27.5 Å². The van der Waals surface area contributed by atoms with Crippen molar-refractivity contribution in [3.05, 3.63) is 88.0 Å². The molecule has 128 valence electrons. The summed E-state index contributed by atoms with van der Waals surface area (Å²) in [6, 6.07) is 14.9. The smallest absolute Gasteiger partial charge is 0.211 e. The Kier molecular flexibility index (Phi) is 4.77. The predicted octanol–water partition coefficient (Wildman–Crippen LogP) is 4.97. The Morgan fingerprint density at radius 3 is 2.62 bits per heavy atom. The van der Waals surface area contributed by atoms with E-state index in [-0.39, 0.29) is 0 Å². The van der Waals surface area contributed by atoms with Crippen molar-refractivity contribution < 1.29 is 4.42 Å². The second-order valence-corrected chi connectivity index (χ2v) is 6.58. The highest BCUT2D eigenvalue weighted by atomic mass is 35.5. The lowest BCUT2D eigenvalue weighted by Gasteiger charge is -2.00. The minimum atomic E-state index is 0.676. The Hall–Kier alpha value is -2.96. The zero-order chi connectivity index (χ0) is 17.8. The monoisotopic (exact) mass is 380 g/mol. The molecule has 0 unspecified atom stereocenters. The average molecular weight is 381 g/mol. The van der Waals surface area contributed by atoms with Crippen molar-refractivity contribution in [2.45, 2.75) is 0 Å². The summed E-state index contributed by atoms with van der Waals surface area (Å²) in [4.78, 5) is 9.42. The highest BCUT2D eigenvalue weighted by molar-refractivity contribution is 7.07. The van der Waals surface area contributed by atoms with Crippen molar-refractivity contribution in [2.75, 3.05) is 0 Å². The third-order valence-electron chi connectivity index (χ3n) is 3.54. The van der Waals surface area contributed by atoms with Gasteiger partial charge in [0.1, 0.15) is 5.69 Å². The van der Waals surface area contributed by atoms with E-state index in [9.17, 15) is 0 Å². The van der Waals surface area contributed by atoms with Gasteiger partial charge in [0.05, 0.1) is 18.2 Å². The van der Waals surface area contributed by atoms with Crippen LogP contribution >= 0.6 is 22.9 Å². The maximum atomic E-state index is 5.95. The van der Waals surface area contributed by atoms with Crippen LogP contribution in [0.15, 0.2) is 87.1 Å². The third kappa shape index (κ3) is 3.66. The second-order valence-electron chi connectivity index (χ2n) is 5.31. The highest BCUT2D eigenvalue weighted by Crippen LogP contribution is 2.21. The number of aromatic nitrogens is 2. The van der Waals surface area contributed by atoms with E-state index in [1.54, 1.807) is 29.5 Å². The van der Waals surface area contributed by atoms with Gasteiger partial charge in [-0.3, -0.25) is 4.98 Å². The van der Waals surface area contributed by atoms with Gasteiger partial charge in [-0.05, 0) is 54.1 Å². The molecule has 0 amide bonds. The van der Waals surface area contributed by atoms with Crippen LogP contribution in [-0.4, -0.2) is 15.9 Å². The normalized spacial score (nSPS) is 12.1. The molecule has 0 N–H and O–H groups in total. The Labute approximate surface area is 158 Å². The molecule has 3 heterocycles. The van der Waals surface area contributed by atoms with Crippen LogP contribution in [0.3, 0.4) is 0 Å². The van der Waals surface area contributed by atoms with Crippen LogP contribution in [0.5, 0.6) is 0 Å². The molecule has 0 saturated carbocycles. The largest absolute Gasteiger partial charge is 0.463 e. The minimum Gasteiger partial charge on any atom is -0.463 e. The number of hydrogen-bond acceptors (Lipinski definition) is 5. The van der Waals surface area contributed by atoms with Crippen molar-refractivity contribution in [1.82, 2.24) is 9.66 Å². The molecule has 0 spiro atoms. The van der Waals surface area contributed by atoms with Crippen LogP contribution in [0, 0.1) is 0 Å². The lowest BCUT2D eigenvalue weighted by Crippen LogP contribution is -2.11. The Morgan fingerprint density at radius 2 is 1.88 bits per heavy atom. The first-order chi connectivity index (χ1) is 12.8. The highest BCUT2D eigenvalue weighted by Gasteiger charge is 2.10. The number of thiazole rings is 1. The number of benzene rings is 1. The molecule has 0 aliphatic rings. The molecule has 1 aromatic carbocycles. The van der Waals surface area contributed by atoms with Crippen LogP contribution in [0.1, 0.15) is 5.56 Å².